The van der Waals surface area contributed by atoms with E-state index >= 15 is 0 Å². The van der Waals surface area contributed by atoms with Gasteiger partial charge in [-0.1, -0.05) is 31.5 Å². The fourth-order valence-corrected chi connectivity index (χ4v) is 4.23. The van der Waals surface area contributed by atoms with E-state index in [0.29, 0.717) is 0 Å². The smallest absolute Gasteiger partial charge is 0.126 e. The van der Waals surface area contributed by atoms with Crippen molar-refractivity contribution >= 4 is 0 Å². The minimum absolute atomic E-state index is 0.805. The average molecular weight is 287 g/mol. The van der Waals surface area contributed by atoms with Gasteiger partial charge >= 0.3 is 0 Å². The topological polar surface area (TPSA) is 21.3 Å². The number of hydrogen-bond donors (Lipinski definition) is 1. The molecule has 1 N–H and O–H groups in total. The largest absolute Gasteiger partial charge is 0.493 e. The Morgan fingerprint density at radius 2 is 2.14 bits per heavy atom. The van der Waals surface area contributed by atoms with E-state index in [1.807, 2.05) is 0 Å². The number of hydrogen-bond acceptors (Lipinski definition) is 2. The van der Waals surface area contributed by atoms with E-state index in [9.17, 15) is 0 Å². The number of ether oxygens (including phenoxy) is 1. The van der Waals surface area contributed by atoms with Crippen LogP contribution in [0.5, 0.6) is 5.75 Å². The molecule has 0 aromatic heterocycles. The van der Waals surface area contributed by atoms with Gasteiger partial charge in [-0.2, -0.15) is 0 Å². The zero-order chi connectivity index (χ0) is 14.7. The van der Waals surface area contributed by atoms with E-state index in [0.717, 1.165) is 43.2 Å². The van der Waals surface area contributed by atoms with E-state index in [-0.39, 0.29) is 0 Å². The van der Waals surface area contributed by atoms with Gasteiger partial charge in [0.25, 0.3) is 0 Å². The van der Waals surface area contributed by atoms with Crippen LogP contribution in [0.2, 0.25) is 0 Å². The van der Waals surface area contributed by atoms with Crippen molar-refractivity contribution < 1.29 is 4.74 Å². The van der Waals surface area contributed by atoms with Gasteiger partial charge in [-0.15, -0.1) is 0 Å². The molecular formula is C19H29NO. The van der Waals surface area contributed by atoms with Crippen molar-refractivity contribution in [3.63, 3.8) is 0 Å². The van der Waals surface area contributed by atoms with E-state index in [1.165, 1.54) is 43.2 Å². The maximum atomic E-state index is 6.30. The molecule has 3 rings (SSSR count). The minimum atomic E-state index is 0.805. The van der Waals surface area contributed by atoms with Crippen molar-refractivity contribution in [2.45, 2.75) is 52.5 Å². The summed E-state index contributed by atoms with van der Waals surface area (Å²) in [7, 11) is 0. The van der Waals surface area contributed by atoms with Crippen LogP contribution >= 0.6 is 0 Å². The van der Waals surface area contributed by atoms with Crippen molar-refractivity contribution in [1.29, 1.82) is 0 Å². The predicted octanol–water partition coefficient (Wildman–Crippen LogP) is 4.31. The quantitative estimate of drug-likeness (QED) is 0.755. The van der Waals surface area contributed by atoms with Gasteiger partial charge in [0.2, 0.25) is 0 Å². The lowest BCUT2D eigenvalue weighted by atomic mass is 9.89. The van der Waals surface area contributed by atoms with Crippen LogP contribution in [0.15, 0.2) is 18.2 Å². The molecule has 0 spiro atoms. The highest BCUT2D eigenvalue weighted by Gasteiger charge is 2.39. The third kappa shape index (κ3) is 3.42. The van der Waals surface area contributed by atoms with Crippen molar-refractivity contribution in [1.82, 2.24) is 5.32 Å². The molecule has 0 radical (unpaired) electrons. The molecule has 3 atom stereocenters. The molecule has 2 aliphatic rings. The summed E-state index contributed by atoms with van der Waals surface area (Å²) in [5, 5.41) is 3.49. The van der Waals surface area contributed by atoms with Crippen molar-refractivity contribution in [2.24, 2.45) is 17.8 Å². The molecule has 1 aromatic carbocycles. The predicted molar refractivity (Wildman–Crippen MR) is 87.6 cm³/mol. The van der Waals surface area contributed by atoms with Crippen LogP contribution < -0.4 is 10.1 Å². The Labute approximate surface area is 129 Å². The number of fused-ring (bicyclic) bond motifs is 2. The van der Waals surface area contributed by atoms with Gasteiger partial charge in [0.05, 0.1) is 6.61 Å². The average Bonchev–Trinajstić information content (AvgIpc) is 3.09. The van der Waals surface area contributed by atoms with Gasteiger partial charge in [-0.3, -0.25) is 0 Å². The zero-order valence-corrected chi connectivity index (χ0v) is 13.5. The second-order valence-electron chi connectivity index (χ2n) is 6.99. The first-order valence-electron chi connectivity index (χ1n) is 8.70. The molecule has 21 heavy (non-hydrogen) atoms. The highest BCUT2D eigenvalue weighted by molar-refractivity contribution is 5.40. The summed E-state index contributed by atoms with van der Waals surface area (Å²) in [5.74, 6) is 3.88. The summed E-state index contributed by atoms with van der Waals surface area (Å²) in [6.07, 6.45) is 6.95. The van der Waals surface area contributed by atoms with Crippen LogP contribution in [0.4, 0.5) is 0 Å². The van der Waals surface area contributed by atoms with Crippen LogP contribution in [0.3, 0.4) is 0 Å². The first kappa shape index (κ1) is 14.9. The highest BCUT2D eigenvalue weighted by Crippen LogP contribution is 2.48. The molecule has 2 saturated carbocycles. The molecule has 0 saturated heterocycles. The van der Waals surface area contributed by atoms with Crippen LogP contribution in [0.25, 0.3) is 0 Å². The summed E-state index contributed by atoms with van der Waals surface area (Å²) in [6, 6.07) is 6.51. The number of rotatable bonds is 7. The summed E-state index contributed by atoms with van der Waals surface area (Å²) < 4.78 is 6.30. The van der Waals surface area contributed by atoms with Crippen molar-refractivity contribution in [3.05, 3.63) is 29.3 Å². The van der Waals surface area contributed by atoms with Crippen molar-refractivity contribution in [2.75, 3.05) is 13.2 Å². The monoisotopic (exact) mass is 287 g/mol. The number of aryl methyl sites for hydroxylation is 1. The first-order chi connectivity index (χ1) is 10.3. The Balaban J connectivity index is 1.61. The van der Waals surface area contributed by atoms with Crippen LogP contribution in [-0.4, -0.2) is 13.2 Å². The van der Waals surface area contributed by atoms with Gasteiger partial charge < -0.3 is 10.1 Å². The highest BCUT2D eigenvalue weighted by atomic mass is 16.5. The summed E-state index contributed by atoms with van der Waals surface area (Å²) >= 11 is 0. The molecule has 2 heteroatoms. The number of para-hydroxylation sites is 1. The molecule has 2 bridgehead atoms. The lowest BCUT2D eigenvalue weighted by Crippen LogP contribution is -2.20. The fourth-order valence-electron chi connectivity index (χ4n) is 4.23. The van der Waals surface area contributed by atoms with Gasteiger partial charge in [0, 0.05) is 12.1 Å². The summed E-state index contributed by atoms with van der Waals surface area (Å²) in [4.78, 5) is 0. The number of nitrogens with one attached hydrogen (secondary N) is 1. The molecule has 2 nitrogen and oxygen atoms in total. The Morgan fingerprint density at radius 1 is 1.24 bits per heavy atom. The maximum Gasteiger partial charge on any atom is 0.126 e. The Hall–Kier alpha value is -1.02. The van der Waals surface area contributed by atoms with Gasteiger partial charge in [0.15, 0.2) is 0 Å². The molecule has 2 fully saturated rings. The normalized spacial score (nSPS) is 27.2. The minimum Gasteiger partial charge on any atom is -0.493 e. The Bertz CT molecular complexity index is 471. The molecule has 116 valence electrons. The molecule has 2 aliphatic carbocycles. The van der Waals surface area contributed by atoms with E-state index in [2.05, 4.69) is 37.4 Å². The Kier molecular flexibility index (Phi) is 4.84. The lowest BCUT2D eigenvalue weighted by Gasteiger charge is -2.23. The van der Waals surface area contributed by atoms with Crippen LogP contribution in [0, 0.1) is 24.7 Å². The van der Waals surface area contributed by atoms with Crippen molar-refractivity contribution in [3.8, 4) is 5.75 Å². The van der Waals surface area contributed by atoms with E-state index in [1.54, 1.807) is 0 Å². The maximum absolute atomic E-state index is 6.30. The van der Waals surface area contributed by atoms with E-state index < -0.39 is 0 Å². The molecular weight excluding hydrogens is 258 g/mol. The second-order valence-corrected chi connectivity index (χ2v) is 6.99. The van der Waals surface area contributed by atoms with Gasteiger partial charge in [-0.25, -0.2) is 0 Å². The summed E-state index contributed by atoms with van der Waals surface area (Å²) in [6.45, 7) is 7.28. The molecule has 0 amide bonds. The van der Waals surface area contributed by atoms with Gasteiger partial charge in [0.1, 0.15) is 5.75 Å². The fraction of sp³-hybridized carbons (Fsp3) is 0.684. The van der Waals surface area contributed by atoms with Crippen LogP contribution in [-0.2, 0) is 6.54 Å². The molecule has 0 aliphatic heterocycles. The SMILES string of the molecule is CCCNCc1cccc(C)c1OCC1CC2CCC1C2. The van der Waals surface area contributed by atoms with E-state index in [4.69, 9.17) is 4.74 Å². The Morgan fingerprint density at radius 3 is 2.86 bits per heavy atom. The lowest BCUT2D eigenvalue weighted by molar-refractivity contribution is 0.193. The first-order valence-corrected chi connectivity index (χ1v) is 8.70. The zero-order valence-electron chi connectivity index (χ0n) is 13.5. The number of benzene rings is 1. The third-order valence-electron chi connectivity index (χ3n) is 5.36. The third-order valence-corrected chi connectivity index (χ3v) is 5.36. The second kappa shape index (κ2) is 6.83. The van der Waals surface area contributed by atoms with Gasteiger partial charge in [-0.05, 0) is 62.5 Å². The molecule has 0 heterocycles. The summed E-state index contributed by atoms with van der Waals surface area (Å²) in [5.41, 5.74) is 2.58. The molecule has 1 aromatic rings. The standard InChI is InChI=1S/C19H29NO/c1-3-9-20-12-17-6-4-5-14(2)19(17)21-13-18-11-15-7-8-16(18)10-15/h4-6,15-16,18,20H,3,7-13H2,1-2H3. The van der Waals surface area contributed by atoms with Crippen LogP contribution in [0.1, 0.15) is 50.2 Å². The molecule has 3 unspecified atom stereocenters.